The average Bonchev–Trinajstić information content (AvgIpc) is 3.28. The first-order valence-corrected chi connectivity index (χ1v) is 14.7. The first-order chi connectivity index (χ1) is 19.0. The molecule has 39 heavy (non-hydrogen) atoms. The van der Waals surface area contributed by atoms with Gasteiger partial charge in [0.15, 0.2) is 0 Å². The Hall–Kier alpha value is -2.65. The lowest BCUT2D eigenvalue weighted by atomic mass is 9.95. The van der Waals surface area contributed by atoms with Crippen LogP contribution in [0.2, 0.25) is 0 Å². The highest BCUT2D eigenvalue weighted by Gasteiger charge is 2.15. The summed E-state index contributed by atoms with van der Waals surface area (Å²) in [4.78, 5) is 13.5. The van der Waals surface area contributed by atoms with Gasteiger partial charge in [0.25, 0.3) is 0 Å². The molecular weight excluding hydrogens is 511 g/mol. The number of ether oxygens (including phenoxy) is 2. The number of halogens is 1. The molecule has 0 amide bonds. The maximum atomic E-state index is 14.8. The van der Waals surface area contributed by atoms with Crippen LogP contribution in [0.5, 0.6) is 0 Å². The van der Waals surface area contributed by atoms with Crippen LogP contribution in [0.3, 0.4) is 0 Å². The Balaban J connectivity index is 0.000000507. The fraction of sp³-hybridized carbons (Fsp3) is 0.484. The topological polar surface area (TPSA) is 50.2 Å². The third kappa shape index (κ3) is 11.2. The van der Waals surface area contributed by atoms with E-state index >= 15 is 0 Å². The summed E-state index contributed by atoms with van der Waals surface area (Å²) < 4.78 is 25.1. The third-order valence-corrected chi connectivity index (χ3v) is 7.06. The first kappa shape index (κ1) is 32.6. The Morgan fingerprint density at radius 2 is 2.03 bits per heavy atom. The zero-order chi connectivity index (χ0) is 28.5. The van der Waals surface area contributed by atoms with E-state index in [0.29, 0.717) is 17.3 Å². The monoisotopic (exact) mass is 556 g/mol. The van der Waals surface area contributed by atoms with Gasteiger partial charge in [-0.05, 0) is 37.6 Å². The van der Waals surface area contributed by atoms with Crippen LogP contribution in [-0.4, -0.2) is 81.3 Å². The second-order valence-electron chi connectivity index (χ2n) is 8.99. The molecule has 8 heteroatoms. The first-order valence-electron chi connectivity index (χ1n) is 13.8. The van der Waals surface area contributed by atoms with Gasteiger partial charge >= 0.3 is 0 Å². The molecule has 2 aromatic rings. The Kier molecular flexibility index (Phi) is 15.5. The van der Waals surface area contributed by atoms with Gasteiger partial charge in [0, 0.05) is 50.2 Å². The molecule has 0 saturated carbocycles. The van der Waals surface area contributed by atoms with Crippen LogP contribution in [0, 0.1) is 5.82 Å². The normalized spacial score (nSPS) is 16.0. The van der Waals surface area contributed by atoms with Crippen LogP contribution in [-0.2, 0) is 9.47 Å². The summed E-state index contributed by atoms with van der Waals surface area (Å²) >= 11 is 1.49. The lowest BCUT2D eigenvalue weighted by molar-refractivity contribution is 0.0503. The van der Waals surface area contributed by atoms with E-state index in [0.717, 1.165) is 62.6 Å². The Bertz CT molecular complexity index is 1090. The molecule has 0 N–H and O–H groups in total. The predicted octanol–water partition coefficient (Wildman–Crippen LogP) is 6.94. The number of nitrogens with zero attached hydrogens (tertiary/aromatic N) is 4. The molecule has 214 valence electrons. The lowest BCUT2D eigenvalue weighted by Gasteiger charge is -2.21. The molecule has 1 aromatic heterocycles. The van der Waals surface area contributed by atoms with E-state index in [-0.39, 0.29) is 11.7 Å². The summed E-state index contributed by atoms with van der Waals surface area (Å²) in [5, 5.41) is 2.70. The quantitative estimate of drug-likeness (QED) is 0.247. The Morgan fingerprint density at radius 3 is 2.67 bits per heavy atom. The molecule has 1 saturated heterocycles. The number of methoxy groups -OCH3 is 1. The molecule has 4 rings (SSSR count). The van der Waals surface area contributed by atoms with Crippen molar-refractivity contribution in [3.63, 3.8) is 0 Å². The van der Waals surface area contributed by atoms with Crippen molar-refractivity contribution >= 4 is 28.4 Å². The summed E-state index contributed by atoms with van der Waals surface area (Å²) in [6.07, 6.45) is 12.7. The third-order valence-electron chi connectivity index (χ3n) is 6.29. The standard InChI is InChI=1S/C24H28FN3OS.C5H11NO.C2H6/c1-4-28(13-14-29-3)17-26-24-27-23(16-30-24)18(2)20-11-12-21(22(25)15-20)19-9-7-5-6-8-10-19;1-6-2-4-7-5-3-6;1-2/h5,7-12,15-18H,4,6,13-14H2,1-3H3;2-5H2,1H3;1-2H3/b26-17+;;. The van der Waals surface area contributed by atoms with E-state index in [9.17, 15) is 4.39 Å². The van der Waals surface area contributed by atoms with E-state index in [1.165, 1.54) is 11.3 Å². The van der Waals surface area contributed by atoms with Gasteiger partial charge in [-0.3, -0.25) is 0 Å². The van der Waals surface area contributed by atoms with Gasteiger partial charge in [-0.1, -0.05) is 63.3 Å². The highest BCUT2D eigenvalue weighted by Crippen LogP contribution is 2.31. The minimum absolute atomic E-state index is 0.0110. The van der Waals surface area contributed by atoms with Gasteiger partial charge in [-0.2, -0.15) is 0 Å². The average molecular weight is 557 g/mol. The van der Waals surface area contributed by atoms with E-state index < -0.39 is 0 Å². The Labute approximate surface area is 238 Å². The van der Waals surface area contributed by atoms with Crippen molar-refractivity contribution in [1.29, 1.82) is 0 Å². The van der Waals surface area contributed by atoms with Crippen molar-refractivity contribution in [1.82, 2.24) is 14.8 Å². The molecule has 1 fully saturated rings. The summed E-state index contributed by atoms with van der Waals surface area (Å²) in [5.41, 5.74) is 3.31. The Morgan fingerprint density at radius 1 is 1.26 bits per heavy atom. The summed E-state index contributed by atoms with van der Waals surface area (Å²) in [6.45, 7) is 14.4. The highest BCUT2D eigenvalue weighted by molar-refractivity contribution is 7.13. The SMILES string of the molecule is CC.CCN(/C=N/c1nc(C(C)c2ccc(C3=CC=CCC=C3)c(F)c2)cs1)CCOC.CN1CCOCC1. The number of benzene rings is 1. The predicted molar refractivity (Wildman–Crippen MR) is 164 cm³/mol. The fourth-order valence-electron chi connectivity index (χ4n) is 3.79. The number of aromatic nitrogens is 1. The lowest BCUT2D eigenvalue weighted by Crippen LogP contribution is -2.32. The molecule has 1 aliphatic heterocycles. The zero-order valence-electron chi connectivity index (χ0n) is 24.4. The molecular formula is C31H45FN4O2S. The van der Waals surface area contributed by atoms with Gasteiger partial charge < -0.3 is 19.3 Å². The van der Waals surface area contributed by atoms with Crippen LogP contribution in [0.15, 0.2) is 59.0 Å². The number of hydrogen-bond donors (Lipinski definition) is 0. The zero-order valence-corrected chi connectivity index (χ0v) is 25.2. The van der Waals surface area contributed by atoms with E-state index in [4.69, 9.17) is 9.47 Å². The molecule has 1 aliphatic carbocycles. The number of likely N-dealkylation sites (N-methyl/N-ethyl adjacent to an activating group) is 2. The van der Waals surface area contributed by atoms with Gasteiger partial charge in [-0.15, -0.1) is 11.3 Å². The van der Waals surface area contributed by atoms with Crippen molar-refractivity contribution in [2.24, 2.45) is 4.99 Å². The summed E-state index contributed by atoms with van der Waals surface area (Å²) in [5.74, 6) is -0.223. The summed E-state index contributed by atoms with van der Waals surface area (Å²) in [6, 6.07) is 5.46. The van der Waals surface area contributed by atoms with Crippen LogP contribution in [0.1, 0.15) is 56.9 Å². The van der Waals surface area contributed by atoms with Crippen molar-refractivity contribution in [2.75, 3.05) is 60.2 Å². The minimum atomic E-state index is -0.212. The largest absolute Gasteiger partial charge is 0.383 e. The molecule has 1 unspecified atom stereocenters. The molecule has 0 bridgehead atoms. The van der Waals surface area contributed by atoms with Crippen molar-refractivity contribution in [3.8, 4) is 0 Å². The molecule has 0 spiro atoms. The van der Waals surface area contributed by atoms with Crippen molar-refractivity contribution in [3.05, 3.63) is 76.6 Å². The van der Waals surface area contributed by atoms with Crippen molar-refractivity contribution in [2.45, 2.75) is 40.0 Å². The molecule has 1 atom stereocenters. The van der Waals surface area contributed by atoms with Gasteiger partial charge in [0.05, 0.1) is 31.9 Å². The number of morpholine rings is 1. The molecule has 0 radical (unpaired) electrons. The van der Waals surface area contributed by atoms with Gasteiger partial charge in [0.1, 0.15) is 5.82 Å². The number of rotatable bonds is 9. The maximum Gasteiger partial charge on any atom is 0.210 e. The highest BCUT2D eigenvalue weighted by atomic mass is 32.1. The van der Waals surface area contributed by atoms with E-state index in [1.54, 1.807) is 13.2 Å². The number of aliphatic imine (C=N–C) groups is 1. The molecule has 2 heterocycles. The number of thiazole rings is 1. The van der Waals surface area contributed by atoms with Crippen LogP contribution in [0.4, 0.5) is 9.52 Å². The maximum absolute atomic E-state index is 14.8. The molecule has 6 nitrogen and oxygen atoms in total. The van der Waals surface area contributed by atoms with Crippen molar-refractivity contribution < 1.29 is 13.9 Å². The van der Waals surface area contributed by atoms with Gasteiger partial charge in [0.2, 0.25) is 5.13 Å². The van der Waals surface area contributed by atoms with E-state index in [2.05, 4.69) is 39.8 Å². The van der Waals surface area contributed by atoms with Crippen LogP contribution >= 0.6 is 11.3 Å². The van der Waals surface area contributed by atoms with Gasteiger partial charge in [-0.25, -0.2) is 14.4 Å². The summed E-state index contributed by atoms with van der Waals surface area (Å²) in [7, 11) is 3.80. The minimum Gasteiger partial charge on any atom is -0.383 e. The van der Waals surface area contributed by atoms with Crippen LogP contribution < -0.4 is 0 Å². The second-order valence-corrected chi connectivity index (χ2v) is 9.82. The smallest absolute Gasteiger partial charge is 0.210 e. The molecule has 1 aromatic carbocycles. The fourth-order valence-corrected chi connectivity index (χ4v) is 4.54. The number of hydrogen-bond acceptors (Lipinski definition) is 6. The molecule has 2 aliphatic rings. The second kappa shape index (κ2) is 18.6. The van der Waals surface area contributed by atoms with E-state index in [1.807, 2.05) is 68.9 Å². The van der Waals surface area contributed by atoms with Crippen LogP contribution in [0.25, 0.3) is 5.57 Å². The number of allylic oxidation sites excluding steroid dienone is 6.